The number of ketones is 3. The van der Waals surface area contributed by atoms with Gasteiger partial charge in [0.15, 0.2) is 11.6 Å². The fraction of sp³-hybridized carbons (Fsp3) is 0.667. The van der Waals surface area contributed by atoms with E-state index in [0.717, 1.165) is 0 Å². The molecule has 0 N–H and O–H groups in total. The van der Waals surface area contributed by atoms with Crippen LogP contribution in [-0.2, 0) is 14.4 Å². The lowest BCUT2D eigenvalue weighted by Gasteiger charge is -2.20. The lowest BCUT2D eigenvalue weighted by molar-refractivity contribution is -0.154. The fourth-order valence-corrected chi connectivity index (χ4v) is 1.45. The summed E-state index contributed by atoms with van der Waals surface area (Å²) in [5, 5.41) is 0. The first-order valence-electron chi connectivity index (χ1n) is 4.31. The van der Waals surface area contributed by atoms with Crippen molar-refractivity contribution >= 4 is 17.3 Å². The largest absolute Gasteiger partial charge is 0.303 e. The predicted molar refractivity (Wildman–Crippen MR) is 43.0 cm³/mol. The van der Waals surface area contributed by atoms with E-state index in [9.17, 15) is 23.2 Å². The normalized spacial score (nSPS) is 19.9. The van der Waals surface area contributed by atoms with Gasteiger partial charge in [0.25, 0.3) is 0 Å². The van der Waals surface area contributed by atoms with Crippen LogP contribution in [0.25, 0.3) is 0 Å². The average molecular weight is 204 g/mol. The number of hydrogen-bond donors (Lipinski definition) is 0. The maximum absolute atomic E-state index is 12.6. The molecular weight excluding hydrogens is 194 g/mol. The number of carbonyl (C=O) groups is 3. The van der Waals surface area contributed by atoms with Crippen molar-refractivity contribution in [1.29, 1.82) is 0 Å². The van der Waals surface area contributed by atoms with Gasteiger partial charge in [-0.15, -0.1) is 0 Å². The summed E-state index contributed by atoms with van der Waals surface area (Å²) in [6.07, 6.45) is 0.438. The predicted octanol–water partition coefficient (Wildman–Crippen LogP) is 1.15. The van der Waals surface area contributed by atoms with Crippen molar-refractivity contribution in [2.24, 2.45) is 5.92 Å². The zero-order valence-electron chi connectivity index (χ0n) is 7.68. The molecule has 0 unspecified atom stereocenters. The van der Waals surface area contributed by atoms with Gasteiger partial charge < -0.3 is 0 Å². The van der Waals surface area contributed by atoms with Crippen molar-refractivity contribution in [2.75, 3.05) is 0 Å². The smallest absolute Gasteiger partial charge is 0.298 e. The quantitative estimate of drug-likeness (QED) is 0.634. The van der Waals surface area contributed by atoms with Crippen LogP contribution in [0.4, 0.5) is 8.78 Å². The molecule has 0 saturated heterocycles. The molecule has 0 radical (unpaired) electrons. The number of hydrogen-bond acceptors (Lipinski definition) is 3. The van der Waals surface area contributed by atoms with Crippen molar-refractivity contribution in [1.82, 2.24) is 0 Å². The SMILES string of the molecule is CC(F)(F)C(=O)C1C(=O)CCCC1=O. The summed E-state index contributed by atoms with van der Waals surface area (Å²) in [5.74, 6) is -8.23. The van der Waals surface area contributed by atoms with Gasteiger partial charge in [-0.25, -0.2) is 0 Å². The topological polar surface area (TPSA) is 51.2 Å². The second kappa shape index (κ2) is 3.55. The second-order valence-electron chi connectivity index (χ2n) is 3.47. The van der Waals surface area contributed by atoms with Crippen LogP contribution in [-0.4, -0.2) is 23.3 Å². The van der Waals surface area contributed by atoms with E-state index in [0.29, 0.717) is 13.3 Å². The summed E-state index contributed by atoms with van der Waals surface area (Å²) in [7, 11) is 0. The van der Waals surface area contributed by atoms with E-state index in [4.69, 9.17) is 0 Å². The van der Waals surface area contributed by atoms with Crippen LogP contribution in [0.1, 0.15) is 26.2 Å². The number of Topliss-reactive ketones (excluding diaryl/α,β-unsaturated/α-hetero) is 3. The number of rotatable bonds is 2. The molecule has 14 heavy (non-hydrogen) atoms. The molecule has 0 spiro atoms. The zero-order chi connectivity index (χ0) is 10.9. The van der Waals surface area contributed by atoms with Crippen LogP contribution in [0, 0.1) is 5.92 Å². The maximum Gasteiger partial charge on any atom is 0.303 e. The van der Waals surface area contributed by atoms with E-state index in [-0.39, 0.29) is 12.8 Å². The molecule has 3 nitrogen and oxygen atoms in total. The van der Waals surface area contributed by atoms with Crippen molar-refractivity contribution < 1.29 is 23.2 Å². The minimum Gasteiger partial charge on any atom is -0.298 e. The fourth-order valence-electron chi connectivity index (χ4n) is 1.45. The molecule has 1 fully saturated rings. The molecule has 0 bridgehead atoms. The van der Waals surface area contributed by atoms with Crippen LogP contribution >= 0.6 is 0 Å². The minimum absolute atomic E-state index is 0.0399. The molecule has 1 saturated carbocycles. The van der Waals surface area contributed by atoms with Crippen LogP contribution in [0.3, 0.4) is 0 Å². The molecule has 0 aromatic rings. The number of alkyl halides is 2. The summed E-state index contributed by atoms with van der Waals surface area (Å²) in [5.41, 5.74) is 0. The van der Waals surface area contributed by atoms with Gasteiger partial charge in [0.05, 0.1) is 0 Å². The van der Waals surface area contributed by atoms with Gasteiger partial charge in [-0.05, 0) is 6.42 Å². The Balaban J connectivity index is 2.89. The van der Waals surface area contributed by atoms with Crippen molar-refractivity contribution in [3.63, 3.8) is 0 Å². The molecular formula is C9H10F2O3. The van der Waals surface area contributed by atoms with E-state index >= 15 is 0 Å². The van der Waals surface area contributed by atoms with Crippen LogP contribution in [0.15, 0.2) is 0 Å². The Labute approximate surface area is 79.5 Å². The molecule has 0 amide bonds. The highest BCUT2D eigenvalue weighted by atomic mass is 19.3. The standard InChI is InChI=1S/C9H10F2O3/c1-9(10,11)8(14)7-5(12)3-2-4-6(7)13/h7H,2-4H2,1H3. The molecule has 1 aliphatic carbocycles. The van der Waals surface area contributed by atoms with Gasteiger partial charge in [0.2, 0.25) is 5.78 Å². The summed E-state index contributed by atoms with van der Waals surface area (Å²) in [4.78, 5) is 33.3. The Kier molecular flexibility index (Phi) is 2.78. The highest BCUT2D eigenvalue weighted by Gasteiger charge is 2.45. The monoisotopic (exact) mass is 204 g/mol. The number of carbonyl (C=O) groups excluding carboxylic acids is 3. The molecule has 0 aromatic heterocycles. The lowest BCUT2D eigenvalue weighted by Crippen LogP contribution is -2.42. The van der Waals surface area contributed by atoms with Crippen LogP contribution in [0.2, 0.25) is 0 Å². The third-order valence-corrected chi connectivity index (χ3v) is 2.19. The van der Waals surface area contributed by atoms with Crippen molar-refractivity contribution in [3.05, 3.63) is 0 Å². The average Bonchev–Trinajstić information content (AvgIpc) is 2.01. The van der Waals surface area contributed by atoms with E-state index < -0.39 is 29.2 Å². The molecule has 0 atom stereocenters. The first-order valence-corrected chi connectivity index (χ1v) is 4.31. The summed E-state index contributed by atoms with van der Waals surface area (Å²) in [6, 6.07) is 0. The van der Waals surface area contributed by atoms with E-state index in [2.05, 4.69) is 0 Å². The Bertz CT molecular complexity index is 275. The second-order valence-corrected chi connectivity index (χ2v) is 3.47. The first kappa shape index (κ1) is 10.9. The van der Waals surface area contributed by atoms with Crippen LogP contribution < -0.4 is 0 Å². The summed E-state index contributed by atoms with van der Waals surface area (Å²) in [6.45, 7) is 0.407. The van der Waals surface area contributed by atoms with Gasteiger partial charge in [0, 0.05) is 19.8 Å². The van der Waals surface area contributed by atoms with Gasteiger partial charge in [-0.2, -0.15) is 8.78 Å². The molecule has 5 heteroatoms. The Morgan fingerprint density at radius 2 is 1.71 bits per heavy atom. The van der Waals surface area contributed by atoms with Crippen LogP contribution in [0.5, 0.6) is 0 Å². The third kappa shape index (κ3) is 2.02. The molecule has 0 heterocycles. The highest BCUT2D eigenvalue weighted by molar-refractivity contribution is 6.22. The zero-order valence-corrected chi connectivity index (χ0v) is 7.68. The van der Waals surface area contributed by atoms with Gasteiger partial charge in [-0.1, -0.05) is 0 Å². The lowest BCUT2D eigenvalue weighted by atomic mass is 9.82. The molecule has 0 aromatic carbocycles. The van der Waals surface area contributed by atoms with Crippen molar-refractivity contribution in [3.8, 4) is 0 Å². The molecule has 0 aliphatic heterocycles. The molecule has 78 valence electrons. The Hall–Kier alpha value is -1.13. The van der Waals surface area contributed by atoms with Gasteiger partial charge >= 0.3 is 5.92 Å². The molecule has 1 aliphatic rings. The highest BCUT2D eigenvalue weighted by Crippen LogP contribution is 2.25. The third-order valence-electron chi connectivity index (χ3n) is 2.19. The van der Waals surface area contributed by atoms with E-state index in [1.54, 1.807) is 0 Å². The van der Waals surface area contributed by atoms with Gasteiger partial charge in [-0.3, -0.25) is 14.4 Å². The molecule has 1 rings (SSSR count). The maximum atomic E-state index is 12.6. The summed E-state index contributed by atoms with van der Waals surface area (Å²) < 4.78 is 25.2. The number of halogens is 2. The van der Waals surface area contributed by atoms with E-state index in [1.165, 1.54) is 0 Å². The first-order chi connectivity index (χ1) is 6.34. The van der Waals surface area contributed by atoms with E-state index in [1.807, 2.05) is 0 Å². The van der Waals surface area contributed by atoms with Crippen molar-refractivity contribution in [2.45, 2.75) is 32.1 Å². The minimum atomic E-state index is -3.60. The van der Waals surface area contributed by atoms with Gasteiger partial charge in [0.1, 0.15) is 5.92 Å². The summed E-state index contributed by atoms with van der Waals surface area (Å²) >= 11 is 0. The Morgan fingerprint density at radius 1 is 1.29 bits per heavy atom. The Morgan fingerprint density at radius 3 is 2.07 bits per heavy atom.